The van der Waals surface area contributed by atoms with Gasteiger partial charge in [0.2, 0.25) is 0 Å². The summed E-state index contributed by atoms with van der Waals surface area (Å²) in [4.78, 5) is 25.4. The molecule has 2 rings (SSSR count). The lowest BCUT2D eigenvalue weighted by atomic mass is 10.0. The average Bonchev–Trinajstić information content (AvgIpc) is 2.69. The van der Waals surface area contributed by atoms with Crippen molar-refractivity contribution < 1.29 is 23.9 Å². The summed E-state index contributed by atoms with van der Waals surface area (Å²) in [6.45, 7) is 4.81. The second-order valence-electron chi connectivity index (χ2n) is 6.71. The lowest BCUT2D eigenvalue weighted by molar-refractivity contribution is -0.385. The van der Waals surface area contributed by atoms with Crippen LogP contribution in [0.15, 0.2) is 30.3 Å². The standard InChI is InChI=1S/C21H26N2O6/c1-14-6-7-16(15(2)10-14)13-22(3)21(24)17-11-19(28-5)20(29-9-8-27-4)12-18(17)23(25)26/h6-7,10-12H,8-9,13H2,1-5H3. The molecule has 0 saturated carbocycles. The summed E-state index contributed by atoms with van der Waals surface area (Å²) in [6.07, 6.45) is 0. The molecule has 0 radical (unpaired) electrons. The summed E-state index contributed by atoms with van der Waals surface area (Å²) in [5.41, 5.74) is 2.76. The minimum absolute atomic E-state index is 0.0572. The molecule has 0 heterocycles. The number of carbonyl (C=O) groups excluding carboxylic acids is 1. The zero-order chi connectivity index (χ0) is 21.6. The van der Waals surface area contributed by atoms with Crippen LogP contribution in [0.1, 0.15) is 27.0 Å². The first-order valence-electron chi connectivity index (χ1n) is 9.08. The number of benzene rings is 2. The highest BCUT2D eigenvalue weighted by Gasteiger charge is 2.27. The monoisotopic (exact) mass is 402 g/mol. The molecule has 0 aromatic heterocycles. The topological polar surface area (TPSA) is 91.1 Å². The Morgan fingerprint density at radius 3 is 2.41 bits per heavy atom. The van der Waals surface area contributed by atoms with Crippen molar-refractivity contribution in [2.45, 2.75) is 20.4 Å². The molecular formula is C21H26N2O6. The predicted octanol–water partition coefficient (Wildman–Crippen LogP) is 3.52. The number of methoxy groups -OCH3 is 2. The van der Waals surface area contributed by atoms with Gasteiger partial charge in [-0.3, -0.25) is 14.9 Å². The highest BCUT2D eigenvalue weighted by atomic mass is 16.6. The number of nitro groups is 1. The summed E-state index contributed by atoms with van der Waals surface area (Å²) in [6, 6.07) is 8.52. The number of carbonyl (C=O) groups is 1. The molecule has 0 spiro atoms. The van der Waals surface area contributed by atoms with Gasteiger partial charge in [0.1, 0.15) is 12.2 Å². The van der Waals surface area contributed by atoms with E-state index >= 15 is 0 Å². The molecule has 0 N–H and O–H groups in total. The molecule has 2 aromatic carbocycles. The van der Waals surface area contributed by atoms with Gasteiger partial charge in [-0.15, -0.1) is 0 Å². The molecule has 8 nitrogen and oxygen atoms in total. The van der Waals surface area contributed by atoms with Crippen LogP contribution in [0.3, 0.4) is 0 Å². The van der Waals surface area contributed by atoms with Gasteiger partial charge in [0.15, 0.2) is 11.5 Å². The van der Waals surface area contributed by atoms with Crippen LogP contribution in [0.5, 0.6) is 11.5 Å². The fraction of sp³-hybridized carbons (Fsp3) is 0.381. The number of aryl methyl sites for hydroxylation is 2. The maximum absolute atomic E-state index is 13.0. The van der Waals surface area contributed by atoms with Gasteiger partial charge in [0, 0.05) is 26.8 Å². The van der Waals surface area contributed by atoms with Crippen LogP contribution in [-0.2, 0) is 11.3 Å². The van der Waals surface area contributed by atoms with Crippen molar-refractivity contribution in [1.29, 1.82) is 0 Å². The minimum Gasteiger partial charge on any atom is -0.493 e. The largest absolute Gasteiger partial charge is 0.493 e. The molecule has 0 aliphatic rings. The van der Waals surface area contributed by atoms with Crippen molar-refractivity contribution in [2.75, 3.05) is 34.5 Å². The van der Waals surface area contributed by atoms with E-state index in [1.54, 1.807) is 7.05 Å². The first kappa shape index (κ1) is 22.2. The number of hydrogen-bond donors (Lipinski definition) is 0. The Morgan fingerprint density at radius 2 is 1.83 bits per heavy atom. The van der Waals surface area contributed by atoms with Crippen molar-refractivity contribution in [3.05, 3.63) is 62.7 Å². The third-order valence-electron chi connectivity index (χ3n) is 4.51. The van der Waals surface area contributed by atoms with E-state index in [-0.39, 0.29) is 29.4 Å². The van der Waals surface area contributed by atoms with Crippen LogP contribution in [0.4, 0.5) is 5.69 Å². The lowest BCUT2D eigenvalue weighted by Crippen LogP contribution is -2.27. The second kappa shape index (κ2) is 9.88. The maximum Gasteiger partial charge on any atom is 0.286 e. The van der Waals surface area contributed by atoms with Crippen LogP contribution >= 0.6 is 0 Å². The molecule has 0 saturated heterocycles. The number of nitrogens with zero attached hydrogens (tertiary/aromatic N) is 2. The van der Waals surface area contributed by atoms with Gasteiger partial charge in [0.25, 0.3) is 11.6 Å². The van der Waals surface area contributed by atoms with Crippen molar-refractivity contribution >= 4 is 11.6 Å². The minimum atomic E-state index is -0.596. The second-order valence-corrected chi connectivity index (χ2v) is 6.71. The molecule has 2 aromatic rings. The van der Waals surface area contributed by atoms with Crippen molar-refractivity contribution in [1.82, 2.24) is 4.90 Å². The number of nitro benzene ring substituents is 1. The molecule has 0 fully saturated rings. The van der Waals surface area contributed by atoms with Crippen LogP contribution in [0, 0.1) is 24.0 Å². The van der Waals surface area contributed by atoms with E-state index in [0.717, 1.165) is 16.7 Å². The van der Waals surface area contributed by atoms with E-state index in [0.29, 0.717) is 13.2 Å². The summed E-state index contributed by atoms with van der Waals surface area (Å²) >= 11 is 0. The maximum atomic E-state index is 13.0. The van der Waals surface area contributed by atoms with Gasteiger partial charge in [-0.1, -0.05) is 23.8 Å². The van der Waals surface area contributed by atoms with Crippen molar-refractivity contribution in [3.63, 3.8) is 0 Å². The Bertz CT molecular complexity index is 897. The van der Waals surface area contributed by atoms with E-state index in [1.807, 2.05) is 32.0 Å². The molecule has 0 bridgehead atoms. The van der Waals surface area contributed by atoms with Crippen molar-refractivity contribution in [2.24, 2.45) is 0 Å². The smallest absolute Gasteiger partial charge is 0.286 e. The van der Waals surface area contributed by atoms with E-state index in [1.165, 1.54) is 31.3 Å². The lowest BCUT2D eigenvalue weighted by Gasteiger charge is -2.20. The Morgan fingerprint density at radius 1 is 1.10 bits per heavy atom. The molecule has 0 atom stereocenters. The molecule has 156 valence electrons. The van der Waals surface area contributed by atoms with Gasteiger partial charge in [-0.05, 0) is 25.0 Å². The summed E-state index contributed by atoms with van der Waals surface area (Å²) < 4.78 is 15.7. The molecule has 29 heavy (non-hydrogen) atoms. The average molecular weight is 402 g/mol. The summed E-state index contributed by atoms with van der Waals surface area (Å²) in [7, 11) is 4.55. The fourth-order valence-electron chi connectivity index (χ4n) is 2.93. The molecule has 0 aliphatic heterocycles. The first-order valence-corrected chi connectivity index (χ1v) is 9.08. The van der Waals surface area contributed by atoms with Gasteiger partial charge in [-0.25, -0.2) is 0 Å². The highest BCUT2D eigenvalue weighted by molar-refractivity contribution is 5.99. The van der Waals surface area contributed by atoms with Crippen LogP contribution in [-0.4, -0.2) is 50.2 Å². The Kier molecular flexibility index (Phi) is 7.55. The number of ether oxygens (including phenoxy) is 3. The van der Waals surface area contributed by atoms with Crippen LogP contribution < -0.4 is 9.47 Å². The van der Waals surface area contributed by atoms with Crippen LogP contribution in [0.25, 0.3) is 0 Å². The Balaban J connectivity index is 2.35. The quantitative estimate of drug-likeness (QED) is 0.362. The number of rotatable bonds is 9. The SMILES string of the molecule is COCCOc1cc([N+](=O)[O-])c(C(=O)N(C)Cc2ccc(C)cc2C)cc1OC. The molecule has 8 heteroatoms. The highest BCUT2D eigenvalue weighted by Crippen LogP contribution is 2.35. The third kappa shape index (κ3) is 5.45. The zero-order valence-electron chi connectivity index (χ0n) is 17.4. The van der Waals surface area contributed by atoms with Crippen LogP contribution in [0.2, 0.25) is 0 Å². The molecule has 0 aliphatic carbocycles. The predicted molar refractivity (Wildman–Crippen MR) is 109 cm³/mol. The third-order valence-corrected chi connectivity index (χ3v) is 4.51. The van der Waals surface area contributed by atoms with E-state index in [9.17, 15) is 14.9 Å². The molecule has 0 unspecified atom stereocenters. The van der Waals surface area contributed by atoms with Crippen molar-refractivity contribution in [3.8, 4) is 11.5 Å². The Labute approximate surface area is 170 Å². The normalized spacial score (nSPS) is 10.5. The number of amides is 1. The fourth-order valence-corrected chi connectivity index (χ4v) is 2.93. The summed E-state index contributed by atoms with van der Waals surface area (Å²) in [5.74, 6) is -0.0433. The summed E-state index contributed by atoms with van der Waals surface area (Å²) in [5, 5.41) is 11.6. The molecule has 1 amide bonds. The zero-order valence-corrected chi connectivity index (χ0v) is 17.4. The van der Waals surface area contributed by atoms with Gasteiger partial charge < -0.3 is 19.1 Å². The first-order chi connectivity index (χ1) is 13.8. The van der Waals surface area contributed by atoms with Gasteiger partial charge in [-0.2, -0.15) is 0 Å². The van der Waals surface area contributed by atoms with Gasteiger partial charge in [0.05, 0.1) is 24.7 Å². The van der Waals surface area contributed by atoms with Gasteiger partial charge >= 0.3 is 0 Å². The molecular weight excluding hydrogens is 376 g/mol. The van der Waals surface area contributed by atoms with E-state index in [2.05, 4.69) is 0 Å². The van der Waals surface area contributed by atoms with E-state index < -0.39 is 10.8 Å². The van der Waals surface area contributed by atoms with E-state index in [4.69, 9.17) is 14.2 Å². The number of hydrogen-bond acceptors (Lipinski definition) is 6. The Hall–Kier alpha value is -3.13.